The standard InChI is InChI=1S/C14H28N2/c1-12-5-3-6-13(2)16(12)10-8-14-7-4-9-15-11-14/h12-15H,3-11H2,1-2H3. The van der Waals surface area contributed by atoms with E-state index in [4.69, 9.17) is 0 Å². The van der Waals surface area contributed by atoms with Crippen LogP contribution in [-0.2, 0) is 0 Å². The van der Waals surface area contributed by atoms with Gasteiger partial charge >= 0.3 is 0 Å². The van der Waals surface area contributed by atoms with Crippen LogP contribution in [0.5, 0.6) is 0 Å². The van der Waals surface area contributed by atoms with Crippen molar-refractivity contribution in [2.75, 3.05) is 19.6 Å². The van der Waals surface area contributed by atoms with Gasteiger partial charge in [-0.1, -0.05) is 6.42 Å². The lowest BCUT2D eigenvalue weighted by molar-refractivity contribution is 0.0938. The molecule has 0 aromatic carbocycles. The molecule has 2 aliphatic rings. The van der Waals surface area contributed by atoms with Gasteiger partial charge in [-0.3, -0.25) is 4.90 Å². The highest BCUT2D eigenvalue weighted by Gasteiger charge is 2.25. The van der Waals surface area contributed by atoms with E-state index in [2.05, 4.69) is 24.1 Å². The third kappa shape index (κ3) is 3.21. The Morgan fingerprint density at radius 2 is 1.81 bits per heavy atom. The Hall–Kier alpha value is -0.0800. The van der Waals surface area contributed by atoms with Gasteiger partial charge in [0.1, 0.15) is 0 Å². The average Bonchev–Trinajstić information content (AvgIpc) is 2.30. The van der Waals surface area contributed by atoms with Crippen molar-refractivity contribution in [1.82, 2.24) is 10.2 Å². The topological polar surface area (TPSA) is 15.3 Å². The van der Waals surface area contributed by atoms with Crippen LogP contribution in [0.3, 0.4) is 0 Å². The average molecular weight is 224 g/mol. The molecule has 94 valence electrons. The number of likely N-dealkylation sites (tertiary alicyclic amines) is 1. The Bertz CT molecular complexity index is 189. The molecule has 0 aliphatic carbocycles. The molecule has 3 atom stereocenters. The Morgan fingerprint density at radius 1 is 1.06 bits per heavy atom. The van der Waals surface area contributed by atoms with Gasteiger partial charge in [0.15, 0.2) is 0 Å². The number of nitrogens with zero attached hydrogens (tertiary/aromatic N) is 1. The zero-order valence-corrected chi connectivity index (χ0v) is 11.0. The zero-order chi connectivity index (χ0) is 11.4. The third-order valence-corrected chi connectivity index (χ3v) is 4.57. The van der Waals surface area contributed by atoms with E-state index in [9.17, 15) is 0 Å². The highest BCUT2D eigenvalue weighted by Crippen LogP contribution is 2.24. The Labute approximate surface area is 101 Å². The predicted molar refractivity (Wildman–Crippen MR) is 69.7 cm³/mol. The molecule has 2 heterocycles. The van der Waals surface area contributed by atoms with Crippen LogP contribution in [0.1, 0.15) is 52.4 Å². The van der Waals surface area contributed by atoms with Crippen molar-refractivity contribution in [3.63, 3.8) is 0 Å². The molecular weight excluding hydrogens is 196 g/mol. The maximum atomic E-state index is 3.53. The van der Waals surface area contributed by atoms with E-state index in [0.717, 1.165) is 18.0 Å². The molecule has 0 spiro atoms. The summed E-state index contributed by atoms with van der Waals surface area (Å²) in [6.07, 6.45) is 8.49. The monoisotopic (exact) mass is 224 g/mol. The summed E-state index contributed by atoms with van der Waals surface area (Å²) >= 11 is 0. The molecule has 2 rings (SSSR count). The van der Waals surface area contributed by atoms with Crippen LogP contribution >= 0.6 is 0 Å². The van der Waals surface area contributed by atoms with Gasteiger partial charge in [-0.15, -0.1) is 0 Å². The van der Waals surface area contributed by atoms with Crippen molar-refractivity contribution in [1.29, 1.82) is 0 Å². The maximum Gasteiger partial charge on any atom is 0.00697 e. The summed E-state index contributed by atoms with van der Waals surface area (Å²) < 4.78 is 0. The van der Waals surface area contributed by atoms with E-state index >= 15 is 0 Å². The normalized spacial score (nSPS) is 37.5. The number of hydrogen-bond donors (Lipinski definition) is 1. The molecule has 0 saturated carbocycles. The summed E-state index contributed by atoms with van der Waals surface area (Å²) in [6, 6.07) is 1.64. The van der Waals surface area contributed by atoms with Crippen LogP contribution in [0, 0.1) is 5.92 Å². The van der Waals surface area contributed by atoms with Gasteiger partial charge in [-0.25, -0.2) is 0 Å². The van der Waals surface area contributed by atoms with E-state index in [1.807, 2.05) is 0 Å². The van der Waals surface area contributed by atoms with Crippen molar-refractivity contribution in [3.8, 4) is 0 Å². The molecule has 0 aromatic heterocycles. The van der Waals surface area contributed by atoms with Crippen LogP contribution in [0.25, 0.3) is 0 Å². The molecule has 2 aliphatic heterocycles. The maximum absolute atomic E-state index is 3.53. The van der Waals surface area contributed by atoms with E-state index in [0.29, 0.717) is 0 Å². The summed E-state index contributed by atoms with van der Waals surface area (Å²) in [6.45, 7) is 8.65. The van der Waals surface area contributed by atoms with E-state index in [1.54, 1.807) is 0 Å². The lowest BCUT2D eigenvalue weighted by Gasteiger charge is -2.40. The quantitative estimate of drug-likeness (QED) is 0.793. The minimum atomic E-state index is 0.820. The molecule has 2 saturated heterocycles. The summed E-state index contributed by atoms with van der Waals surface area (Å²) in [5.74, 6) is 0.940. The second kappa shape index (κ2) is 6.02. The van der Waals surface area contributed by atoms with Gasteiger partial charge in [0.25, 0.3) is 0 Å². The highest BCUT2D eigenvalue weighted by molar-refractivity contribution is 4.80. The molecule has 0 aromatic rings. The van der Waals surface area contributed by atoms with Gasteiger partial charge in [0.05, 0.1) is 0 Å². The van der Waals surface area contributed by atoms with Crippen LogP contribution < -0.4 is 5.32 Å². The first kappa shape index (κ1) is 12.4. The molecular formula is C14H28N2. The van der Waals surface area contributed by atoms with Gasteiger partial charge in [-0.05, 0) is 71.5 Å². The number of piperidine rings is 2. The minimum Gasteiger partial charge on any atom is -0.316 e. The summed E-state index contributed by atoms with van der Waals surface area (Å²) in [5.41, 5.74) is 0. The number of hydrogen-bond acceptors (Lipinski definition) is 2. The van der Waals surface area contributed by atoms with Crippen LogP contribution in [0.4, 0.5) is 0 Å². The second-order valence-corrected chi connectivity index (χ2v) is 5.87. The fourth-order valence-electron chi connectivity index (χ4n) is 3.42. The predicted octanol–water partition coefficient (Wildman–Crippen LogP) is 2.64. The lowest BCUT2D eigenvalue weighted by atomic mass is 9.93. The molecule has 0 radical (unpaired) electrons. The molecule has 0 amide bonds. The molecule has 16 heavy (non-hydrogen) atoms. The summed E-state index contributed by atoms with van der Waals surface area (Å²) in [5, 5.41) is 3.53. The number of rotatable bonds is 3. The second-order valence-electron chi connectivity index (χ2n) is 5.87. The Balaban J connectivity index is 1.74. The van der Waals surface area contributed by atoms with Crippen molar-refractivity contribution < 1.29 is 0 Å². The lowest BCUT2D eigenvalue weighted by Crippen LogP contribution is -2.45. The van der Waals surface area contributed by atoms with Gasteiger partial charge in [0.2, 0.25) is 0 Å². The molecule has 2 nitrogen and oxygen atoms in total. The SMILES string of the molecule is CC1CCCC(C)N1CCC1CCCNC1. The third-order valence-electron chi connectivity index (χ3n) is 4.57. The first-order valence-corrected chi connectivity index (χ1v) is 7.24. The highest BCUT2D eigenvalue weighted by atomic mass is 15.2. The molecule has 2 heteroatoms. The fourth-order valence-corrected chi connectivity index (χ4v) is 3.42. The van der Waals surface area contributed by atoms with Crippen LogP contribution in [0.15, 0.2) is 0 Å². The van der Waals surface area contributed by atoms with E-state index in [-0.39, 0.29) is 0 Å². The van der Waals surface area contributed by atoms with Gasteiger partial charge < -0.3 is 5.32 Å². The van der Waals surface area contributed by atoms with Crippen molar-refractivity contribution in [3.05, 3.63) is 0 Å². The molecule has 0 bridgehead atoms. The fraction of sp³-hybridized carbons (Fsp3) is 1.00. The molecule has 2 fully saturated rings. The van der Waals surface area contributed by atoms with Crippen LogP contribution in [-0.4, -0.2) is 36.6 Å². The minimum absolute atomic E-state index is 0.820. The number of nitrogens with one attached hydrogen (secondary N) is 1. The summed E-state index contributed by atoms with van der Waals surface area (Å²) in [4.78, 5) is 2.75. The van der Waals surface area contributed by atoms with Crippen molar-refractivity contribution in [2.45, 2.75) is 64.5 Å². The van der Waals surface area contributed by atoms with E-state index < -0.39 is 0 Å². The smallest absolute Gasteiger partial charge is 0.00697 e. The van der Waals surface area contributed by atoms with Gasteiger partial charge in [0, 0.05) is 12.1 Å². The first-order chi connectivity index (χ1) is 7.77. The summed E-state index contributed by atoms with van der Waals surface area (Å²) in [7, 11) is 0. The molecule has 3 unspecified atom stereocenters. The van der Waals surface area contributed by atoms with Crippen molar-refractivity contribution in [2.24, 2.45) is 5.92 Å². The first-order valence-electron chi connectivity index (χ1n) is 7.24. The largest absolute Gasteiger partial charge is 0.316 e. The van der Waals surface area contributed by atoms with Crippen LogP contribution in [0.2, 0.25) is 0 Å². The van der Waals surface area contributed by atoms with Crippen molar-refractivity contribution >= 4 is 0 Å². The zero-order valence-electron chi connectivity index (χ0n) is 11.0. The molecule has 1 N–H and O–H groups in total. The van der Waals surface area contributed by atoms with Gasteiger partial charge in [-0.2, -0.15) is 0 Å². The van der Waals surface area contributed by atoms with E-state index in [1.165, 1.54) is 58.2 Å². The Kier molecular flexibility index (Phi) is 4.66. The Morgan fingerprint density at radius 3 is 2.44 bits per heavy atom.